The smallest absolute Gasteiger partial charge is 0.220 e. The van der Waals surface area contributed by atoms with Gasteiger partial charge in [0.1, 0.15) is 5.82 Å². The number of benzene rings is 1. The minimum absolute atomic E-state index is 0.118. The van der Waals surface area contributed by atoms with E-state index in [1.807, 2.05) is 6.07 Å². The van der Waals surface area contributed by atoms with Gasteiger partial charge in [-0.2, -0.15) is 0 Å². The summed E-state index contributed by atoms with van der Waals surface area (Å²) < 4.78 is 13.1. The molecular weight excluding hydrogens is 229 g/mol. The molecule has 3 heteroatoms. The SMILES string of the molecule is CC(C)CCC(=O)N[C@H]1C[C@@H]1c1cccc(F)c1. The number of rotatable bonds is 5. The standard InChI is InChI=1S/C15H20FNO/c1-10(2)6-7-15(18)17-14-9-13(14)11-4-3-5-12(16)8-11/h3-5,8,10,13-14H,6-7,9H2,1-2H3,(H,17,18)/t13-,14+/m1/s1. The van der Waals surface area contributed by atoms with Gasteiger partial charge in [0.15, 0.2) is 0 Å². The van der Waals surface area contributed by atoms with E-state index in [9.17, 15) is 9.18 Å². The van der Waals surface area contributed by atoms with Crippen LogP contribution in [0.5, 0.6) is 0 Å². The summed E-state index contributed by atoms with van der Waals surface area (Å²) in [6.07, 6.45) is 2.43. The first-order valence-corrected chi connectivity index (χ1v) is 6.61. The molecule has 1 aliphatic rings. The summed E-state index contributed by atoms with van der Waals surface area (Å²) in [4.78, 5) is 11.7. The van der Waals surface area contributed by atoms with Crippen LogP contribution in [-0.4, -0.2) is 11.9 Å². The molecular formula is C15H20FNO. The highest BCUT2D eigenvalue weighted by atomic mass is 19.1. The molecule has 0 aliphatic heterocycles. The van der Waals surface area contributed by atoms with Gasteiger partial charge in [-0.05, 0) is 36.5 Å². The zero-order valence-electron chi connectivity index (χ0n) is 10.9. The van der Waals surface area contributed by atoms with E-state index in [0.717, 1.165) is 18.4 Å². The minimum atomic E-state index is -0.204. The maximum Gasteiger partial charge on any atom is 0.220 e. The maximum atomic E-state index is 13.1. The second-order valence-corrected chi connectivity index (χ2v) is 5.50. The molecule has 98 valence electrons. The van der Waals surface area contributed by atoms with Crippen LogP contribution in [0.3, 0.4) is 0 Å². The van der Waals surface area contributed by atoms with Gasteiger partial charge in [0.25, 0.3) is 0 Å². The van der Waals surface area contributed by atoms with Gasteiger partial charge in [-0.15, -0.1) is 0 Å². The molecule has 1 saturated carbocycles. The highest BCUT2D eigenvalue weighted by Gasteiger charge is 2.39. The largest absolute Gasteiger partial charge is 0.353 e. The monoisotopic (exact) mass is 249 g/mol. The molecule has 0 spiro atoms. The van der Waals surface area contributed by atoms with Gasteiger partial charge in [0, 0.05) is 18.4 Å². The Labute approximate surface area is 108 Å². The van der Waals surface area contributed by atoms with Crippen molar-refractivity contribution >= 4 is 5.91 Å². The number of hydrogen-bond donors (Lipinski definition) is 1. The molecule has 1 fully saturated rings. The van der Waals surface area contributed by atoms with Crippen molar-refractivity contribution in [1.82, 2.24) is 5.32 Å². The van der Waals surface area contributed by atoms with Gasteiger partial charge in [-0.25, -0.2) is 4.39 Å². The molecule has 2 rings (SSSR count). The third kappa shape index (κ3) is 3.56. The first kappa shape index (κ1) is 13.1. The number of nitrogens with one attached hydrogen (secondary N) is 1. The van der Waals surface area contributed by atoms with Gasteiger partial charge >= 0.3 is 0 Å². The quantitative estimate of drug-likeness (QED) is 0.852. The third-order valence-corrected chi connectivity index (χ3v) is 3.36. The van der Waals surface area contributed by atoms with Crippen molar-refractivity contribution in [1.29, 1.82) is 0 Å². The Morgan fingerprint density at radius 2 is 2.28 bits per heavy atom. The van der Waals surface area contributed by atoms with Crippen molar-refractivity contribution in [3.63, 3.8) is 0 Å². The Morgan fingerprint density at radius 1 is 1.50 bits per heavy atom. The van der Waals surface area contributed by atoms with E-state index >= 15 is 0 Å². The van der Waals surface area contributed by atoms with Crippen LogP contribution in [0, 0.1) is 11.7 Å². The van der Waals surface area contributed by atoms with Gasteiger partial charge in [0.05, 0.1) is 0 Å². The number of hydrogen-bond acceptors (Lipinski definition) is 1. The van der Waals surface area contributed by atoms with Crippen LogP contribution in [0.2, 0.25) is 0 Å². The summed E-state index contributed by atoms with van der Waals surface area (Å²) in [5.74, 6) is 0.759. The lowest BCUT2D eigenvalue weighted by Crippen LogP contribution is -2.26. The molecule has 2 nitrogen and oxygen atoms in total. The molecule has 0 unspecified atom stereocenters. The molecule has 1 N–H and O–H groups in total. The van der Waals surface area contributed by atoms with Gasteiger partial charge in [-0.3, -0.25) is 4.79 Å². The summed E-state index contributed by atoms with van der Waals surface area (Å²) in [7, 11) is 0. The first-order chi connectivity index (χ1) is 8.56. The van der Waals surface area contributed by atoms with Crippen molar-refractivity contribution in [2.45, 2.75) is 45.1 Å². The predicted molar refractivity (Wildman–Crippen MR) is 69.8 cm³/mol. The lowest BCUT2D eigenvalue weighted by molar-refractivity contribution is -0.121. The molecule has 0 aromatic heterocycles. The summed E-state index contributed by atoms with van der Waals surface area (Å²) >= 11 is 0. The summed E-state index contributed by atoms with van der Waals surface area (Å²) in [6, 6.07) is 6.85. The van der Waals surface area contributed by atoms with Crippen LogP contribution >= 0.6 is 0 Å². The Morgan fingerprint density at radius 3 is 2.94 bits per heavy atom. The van der Waals surface area contributed by atoms with Gasteiger partial charge in [-0.1, -0.05) is 26.0 Å². The van der Waals surface area contributed by atoms with E-state index in [1.165, 1.54) is 6.07 Å². The topological polar surface area (TPSA) is 29.1 Å². The van der Waals surface area contributed by atoms with E-state index in [4.69, 9.17) is 0 Å². The average molecular weight is 249 g/mol. The Kier molecular flexibility index (Phi) is 4.00. The van der Waals surface area contributed by atoms with Crippen LogP contribution < -0.4 is 5.32 Å². The average Bonchev–Trinajstić information content (AvgIpc) is 3.06. The zero-order valence-corrected chi connectivity index (χ0v) is 10.9. The van der Waals surface area contributed by atoms with Crippen molar-refractivity contribution in [2.24, 2.45) is 5.92 Å². The van der Waals surface area contributed by atoms with E-state index in [0.29, 0.717) is 18.3 Å². The number of halogens is 1. The summed E-state index contributed by atoms with van der Waals surface area (Å²) in [5, 5.41) is 3.02. The first-order valence-electron chi connectivity index (χ1n) is 6.61. The minimum Gasteiger partial charge on any atom is -0.353 e. The molecule has 1 aromatic carbocycles. The summed E-state index contributed by atoms with van der Waals surface area (Å²) in [6.45, 7) is 4.22. The number of carbonyl (C=O) groups excluding carboxylic acids is 1. The Hall–Kier alpha value is -1.38. The van der Waals surface area contributed by atoms with Crippen LogP contribution in [0.25, 0.3) is 0 Å². The highest BCUT2D eigenvalue weighted by Crippen LogP contribution is 2.40. The predicted octanol–water partition coefficient (Wildman–Crippen LogP) is 3.23. The van der Waals surface area contributed by atoms with E-state index < -0.39 is 0 Å². The fraction of sp³-hybridized carbons (Fsp3) is 0.533. The van der Waals surface area contributed by atoms with Crippen molar-refractivity contribution in [2.75, 3.05) is 0 Å². The zero-order chi connectivity index (χ0) is 13.1. The molecule has 1 aliphatic carbocycles. The second kappa shape index (κ2) is 5.51. The third-order valence-electron chi connectivity index (χ3n) is 3.36. The Bertz CT molecular complexity index is 430. The second-order valence-electron chi connectivity index (χ2n) is 5.50. The molecule has 1 aromatic rings. The van der Waals surface area contributed by atoms with Crippen molar-refractivity contribution in [3.8, 4) is 0 Å². The van der Waals surface area contributed by atoms with E-state index in [-0.39, 0.29) is 17.8 Å². The fourth-order valence-corrected chi connectivity index (χ4v) is 2.16. The van der Waals surface area contributed by atoms with E-state index in [2.05, 4.69) is 19.2 Å². The molecule has 18 heavy (non-hydrogen) atoms. The highest BCUT2D eigenvalue weighted by molar-refractivity contribution is 5.76. The number of amides is 1. The van der Waals surface area contributed by atoms with E-state index in [1.54, 1.807) is 12.1 Å². The molecule has 0 radical (unpaired) electrons. The Balaban J connectivity index is 1.79. The van der Waals surface area contributed by atoms with Gasteiger partial charge < -0.3 is 5.32 Å². The normalized spacial score (nSPS) is 22.0. The fourth-order valence-electron chi connectivity index (χ4n) is 2.16. The molecule has 2 atom stereocenters. The van der Waals surface area contributed by atoms with Crippen LogP contribution in [0.15, 0.2) is 24.3 Å². The maximum absolute atomic E-state index is 13.1. The molecule has 0 saturated heterocycles. The van der Waals surface area contributed by atoms with Crippen molar-refractivity contribution < 1.29 is 9.18 Å². The molecule has 0 bridgehead atoms. The molecule has 1 amide bonds. The lowest BCUT2D eigenvalue weighted by atomic mass is 10.1. The van der Waals surface area contributed by atoms with Crippen LogP contribution in [0.1, 0.15) is 44.6 Å². The van der Waals surface area contributed by atoms with Crippen molar-refractivity contribution in [3.05, 3.63) is 35.6 Å². The molecule has 0 heterocycles. The lowest BCUT2D eigenvalue weighted by Gasteiger charge is -2.06. The van der Waals surface area contributed by atoms with Crippen LogP contribution in [0.4, 0.5) is 4.39 Å². The summed E-state index contributed by atoms with van der Waals surface area (Å²) in [5.41, 5.74) is 0.990. The number of carbonyl (C=O) groups is 1. The van der Waals surface area contributed by atoms with Gasteiger partial charge in [0.2, 0.25) is 5.91 Å². The van der Waals surface area contributed by atoms with Crippen LogP contribution in [-0.2, 0) is 4.79 Å².